The van der Waals surface area contributed by atoms with Crippen LogP contribution < -0.4 is 5.32 Å². The minimum absolute atomic E-state index is 0.0342. The van der Waals surface area contributed by atoms with E-state index in [1.807, 2.05) is 19.9 Å². The van der Waals surface area contributed by atoms with Gasteiger partial charge in [-0.2, -0.15) is 0 Å². The lowest BCUT2D eigenvalue weighted by atomic mass is 10.2. The van der Waals surface area contributed by atoms with Gasteiger partial charge in [-0.05, 0) is 33.1 Å². The number of hydrogen-bond acceptors (Lipinski definition) is 3. The summed E-state index contributed by atoms with van der Waals surface area (Å²) in [6.45, 7) is 4.98. The molecule has 0 bridgehead atoms. The molecule has 1 heterocycles. The van der Waals surface area contributed by atoms with Gasteiger partial charge in [-0.3, -0.25) is 9.59 Å². The second-order valence-corrected chi connectivity index (χ2v) is 4.86. The third-order valence-electron chi connectivity index (χ3n) is 2.90. The highest BCUT2D eigenvalue weighted by atomic mass is 16.3. The Morgan fingerprint density at radius 1 is 1.50 bits per heavy atom. The fourth-order valence-corrected chi connectivity index (χ4v) is 1.84. The van der Waals surface area contributed by atoms with E-state index in [-0.39, 0.29) is 18.4 Å². The maximum absolute atomic E-state index is 11.7. The summed E-state index contributed by atoms with van der Waals surface area (Å²) >= 11 is 0. The second kappa shape index (κ2) is 7.16. The lowest BCUT2D eigenvalue weighted by molar-refractivity contribution is -0.142. The van der Waals surface area contributed by atoms with Crippen LogP contribution >= 0.6 is 0 Å². The highest BCUT2D eigenvalue weighted by molar-refractivity contribution is 5.87. The van der Waals surface area contributed by atoms with Crippen LogP contribution in [0.15, 0.2) is 11.6 Å². The average molecular weight is 254 g/mol. The van der Waals surface area contributed by atoms with Crippen LogP contribution in [0.4, 0.5) is 0 Å². The smallest absolute Gasteiger partial charge is 0.251 e. The van der Waals surface area contributed by atoms with Gasteiger partial charge in [-0.25, -0.2) is 0 Å². The third-order valence-corrected chi connectivity index (χ3v) is 2.90. The summed E-state index contributed by atoms with van der Waals surface area (Å²) in [4.78, 5) is 24.8. The highest BCUT2D eigenvalue weighted by Crippen LogP contribution is 2.11. The molecular weight excluding hydrogens is 232 g/mol. The number of carbonyl (C=O) groups excluding carboxylic acids is 2. The second-order valence-electron chi connectivity index (χ2n) is 4.86. The van der Waals surface area contributed by atoms with Gasteiger partial charge in [0, 0.05) is 13.1 Å². The molecule has 1 aliphatic heterocycles. The van der Waals surface area contributed by atoms with Crippen molar-refractivity contribution >= 4 is 11.8 Å². The lowest BCUT2D eigenvalue weighted by Crippen LogP contribution is -2.44. The van der Waals surface area contributed by atoms with Crippen LogP contribution in [0.5, 0.6) is 0 Å². The van der Waals surface area contributed by atoms with Crippen molar-refractivity contribution in [1.29, 1.82) is 0 Å². The first kappa shape index (κ1) is 14.7. The van der Waals surface area contributed by atoms with Crippen molar-refractivity contribution in [1.82, 2.24) is 10.2 Å². The molecule has 5 heteroatoms. The molecule has 0 saturated carbocycles. The minimum atomic E-state index is -0.946. The third kappa shape index (κ3) is 4.87. The van der Waals surface area contributed by atoms with E-state index in [9.17, 15) is 14.7 Å². The molecule has 0 aromatic rings. The predicted molar refractivity (Wildman–Crippen MR) is 68.9 cm³/mol. The van der Waals surface area contributed by atoms with Crippen molar-refractivity contribution in [2.24, 2.45) is 0 Å². The van der Waals surface area contributed by atoms with Gasteiger partial charge in [0.05, 0.1) is 6.54 Å². The molecule has 1 saturated heterocycles. The zero-order chi connectivity index (χ0) is 13.5. The fourth-order valence-electron chi connectivity index (χ4n) is 1.84. The summed E-state index contributed by atoms with van der Waals surface area (Å²) in [7, 11) is 0. The molecular formula is C13H22N2O3. The summed E-state index contributed by atoms with van der Waals surface area (Å²) in [5.74, 6) is -0.514. The molecule has 0 radical (unpaired) electrons. The molecule has 0 spiro atoms. The van der Waals surface area contributed by atoms with Crippen LogP contribution in [0.1, 0.15) is 33.1 Å². The van der Waals surface area contributed by atoms with Crippen LogP contribution in [0.3, 0.4) is 0 Å². The Morgan fingerprint density at radius 3 is 2.89 bits per heavy atom. The van der Waals surface area contributed by atoms with Gasteiger partial charge in [0.25, 0.3) is 5.91 Å². The molecule has 1 atom stereocenters. The zero-order valence-corrected chi connectivity index (χ0v) is 11.1. The number of likely N-dealkylation sites (tertiary alicyclic amines) is 1. The first-order chi connectivity index (χ1) is 8.50. The number of hydrogen-bond donors (Lipinski definition) is 2. The molecule has 1 unspecified atom stereocenters. The Morgan fingerprint density at radius 2 is 2.22 bits per heavy atom. The topological polar surface area (TPSA) is 69.6 Å². The van der Waals surface area contributed by atoms with Gasteiger partial charge in [-0.1, -0.05) is 11.6 Å². The van der Waals surface area contributed by atoms with Gasteiger partial charge < -0.3 is 15.3 Å². The molecule has 18 heavy (non-hydrogen) atoms. The van der Waals surface area contributed by atoms with Gasteiger partial charge in [-0.15, -0.1) is 0 Å². The zero-order valence-electron chi connectivity index (χ0n) is 11.1. The average Bonchev–Trinajstić information content (AvgIpc) is 2.44. The molecule has 2 amide bonds. The Bertz CT molecular complexity index is 335. The van der Waals surface area contributed by atoms with Gasteiger partial charge in [0.2, 0.25) is 5.91 Å². The van der Waals surface area contributed by atoms with E-state index in [1.54, 1.807) is 0 Å². The van der Waals surface area contributed by atoms with Crippen molar-refractivity contribution in [2.45, 2.75) is 39.2 Å². The minimum Gasteiger partial charge on any atom is -0.383 e. The van der Waals surface area contributed by atoms with Gasteiger partial charge in [0.15, 0.2) is 0 Å². The van der Waals surface area contributed by atoms with Crippen molar-refractivity contribution in [3.05, 3.63) is 11.6 Å². The van der Waals surface area contributed by atoms with E-state index < -0.39 is 6.10 Å². The van der Waals surface area contributed by atoms with E-state index in [2.05, 4.69) is 5.32 Å². The number of aliphatic hydroxyl groups excluding tert-OH is 1. The Balaban J connectivity index is 2.42. The summed E-state index contributed by atoms with van der Waals surface area (Å²) < 4.78 is 0. The van der Waals surface area contributed by atoms with Gasteiger partial charge in [0.1, 0.15) is 6.10 Å². The number of nitrogens with one attached hydrogen (secondary N) is 1. The van der Waals surface area contributed by atoms with Crippen LogP contribution in [-0.2, 0) is 9.59 Å². The first-order valence-electron chi connectivity index (χ1n) is 6.37. The molecule has 1 fully saturated rings. The SMILES string of the molecule is CC(C)=CCNC(=O)CN1CCCCC(O)C1=O. The molecule has 1 aliphatic rings. The molecule has 102 valence electrons. The quantitative estimate of drug-likeness (QED) is 0.715. The molecule has 5 nitrogen and oxygen atoms in total. The van der Waals surface area contributed by atoms with E-state index in [1.165, 1.54) is 4.90 Å². The maximum atomic E-state index is 11.7. The molecule has 0 aromatic carbocycles. The van der Waals surface area contributed by atoms with Crippen LogP contribution in [0, 0.1) is 0 Å². The Hall–Kier alpha value is -1.36. The van der Waals surface area contributed by atoms with E-state index >= 15 is 0 Å². The van der Waals surface area contributed by atoms with E-state index in [0.717, 1.165) is 18.4 Å². The summed E-state index contributed by atoms with van der Waals surface area (Å²) in [6, 6.07) is 0. The predicted octanol–water partition coefficient (Wildman–Crippen LogP) is 0.442. The number of rotatable bonds is 4. The molecule has 1 rings (SSSR count). The first-order valence-corrected chi connectivity index (χ1v) is 6.37. The van der Waals surface area contributed by atoms with Crippen molar-refractivity contribution in [3.8, 4) is 0 Å². The maximum Gasteiger partial charge on any atom is 0.251 e. The summed E-state index contributed by atoms with van der Waals surface area (Å²) in [5, 5.41) is 12.3. The fraction of sp³-hybridized carbons (Fsp3) is 0.692. The molecule has 0 aliphatic carbocycles. The number of nitrogens with zero attached hydrogens (tertiary/aromatic N) is 1. The Labute approximate surface area is 108 Å². The van der Waals surface area contributed by atoms with Crippen molar-refractivity contribution in [3.63, 3.8) is 0 Å². The van der Waals surface area contributed by atoms with Gasteiger partial charge >= 0.3 is 0 Å². The number of allylic oxidation sites excluding steroid dienone is 1. The largest absolute Gasteiger partial charge is 0.383 e. The molecule has 0 aromatic heterocycles. The number of amides is 2. The lowest BCUT2D eigenvalue weighted by Gasteiger charge is -2.21. The summed E-state index contributed by atoms with van der Waals surface area (Å²) in [5.41, 5.74) is 1.14. The standard InChI is InChI=1S/C13H22N2O3/c1-10(2)6-7-14-12(17)9-15-8-4-3-5-11(16)13(15)18/h6,11,16H,3-5,7-9H2,1-2H3,(H,14,17). The van der Waals surface area contributed by atoms with Crippen LogP contribution in [0.25, 0.3) is 0 Å². The van der Waals surface area contributed by atoms with Crippen molar-refractivity contribution in [2.75, 3.05) is 19.6 Å². The van der Waals surface area contributed by atoms with Crippen molar-refractivity contribution < 1.29 is 14.7 Å². The Kier molecular flexibility index (Phi) is 5.85. The summed E-state index contributed by atoms with van der Waals surface area (Å²) in [6.07, 6.45) is 3.12. The number of aliphatic hydroxyl groups is 1. The van der Waals surface area contributed by atoms with E-state index in [0.29, 0.717) is 19.5 Å². The highest BCUT2D eigenvalue weighted by Gasteiger charge is 2.26. The normalized spacial score (nSPS) is 20.3. The van der Waals surface area contributed by atoms with Crippen LogP contribution in [0.2, 0.25) is 0 Å². The van der Waals surface area contributed by atoms with Crippen LogP contribution in [-0.4, -0.2) is 47.6 Å². The monoisotopic (exact) mass is 254 g/mol. The molecule has 2 N–H and O–H groups in total. The number of carbonyl (C=O) groups is 2. The van der Waals surface area contributed by atoms with E-state index in [4.69, 9.17) is 0 Å².